The van der Waals surface area contributed by atoms with Gasteiger partial charge in [-0.25, -0.2) is 14.4 Å². The fourth-order valence-corrected chi connectivity index (χ4v) is 2.76. The number of halogens is 1. The van der Waals surface area contributed by atoms with Crippen molar-refractivity contribution in [1.82, 2.24) is 15.0 Å². The number of rotatable bonds is 4. The normalized spacial score (nSPS) is 13.6. The van der Waals surface area contributed by atoms with E-state index < -0.39 is 0 Å². The van der Waals surface area contributed by atoms with E-state index in [0.717, 1.165) is 33.7 Å². The highest BCUT2D eigenvalue weighted by Crippen LogP contribution is 2.29. The van der Waals surface area contributed by atoms with Gasteiger partial charge in [0.25, 0.3) is 0 Å². The maximum atomic E-state index is 13.7. The Bertz CT molecular complexity index is 849. The Morgan fingerprint density at radius 1 is 1.30 bits per heavy atom. The van der Waals surface area contributed by atoms with E-state index in [0.29, 0.717) is 19.6 Å². The summed E-state index contributed by atoms with van der Waals surface area (Å²) in [5.74, 6) is 1.18. The maximum Gasteiger partial charge on any atom is 0.189 e. The molecular weight excluding hydrogens is 299 g/mol. The zero-order valence-corrected chi connectivity index (χ0v) is 12.3. The van der Waals surface area contributed by atoms with E-state index in [4.69, 9.17) is 9.47 Å². The van der Waals surface area contributed by atoms with Gasteiger partial charge in [-0.15, -0.1) is 0 Å². The molecular formula is C16H15FN4O2. The van der Waals surface area contributed by atoms with E-state index in [1.54, 1.807) is 0 Å². The average Bonchev–Trinajstić information content (AvgIpc) is 3.04. The molecule has 0 spiro atoms. The lowest BCUT2D eigenvalue weighted by molar-refractivity contribution is -0.0172. The molecule has 0 bridgehead atoms. The number of ether oxygens (including phenoxy) is 2. The number of nitrogens with one attached hydrogen (secondary N) is 2. The smallest absolute Gasteiger partial charge is 0.189 e. The second kappa shape index (κ2) is 5.85. The van der Waals surface area contributed by atoms with Gasteiger partial charge in [0.2, 0.25) is 0 Å². The quantitative estimate of drug-likeness (QED) is 0.774. The molecule has 3 heterocycles. The third kappa shape index (κ3) is 2.70. The van der Waals surface area contributed by atoms with Crippen molar-refractivity contribution in [2.45, 2.75) is 13.0 Å². The van der Waals surface area contributed by atoms with Gasteiger partial charge in [-0.1, -0.05) is 0 Å². The molecule has 0 amide bonds. The number of H-pyrrole nitrogens is 1. The van der Waals surface area contributed by atoms with Crippen LogP contribution in [0.1, 0.15) is 11.1 Å². The molecule has 0 aliphatic carbocycles. The number of hydrogen-bond acceptors (Lipinski definition) is 5. The lowest BCUT2D eigenvalue weighted by atomic mass is 10.1. The van der Waals surface area contributed by atoms with E-state index >= 15 is 0 Å². The monoisotopic (exact) mass is 314 g/mol. The second-order valence-corrected chi connectivity index (χ2v) is 5.30. The molecule has 1 aliphatic rings. The van der Waals surface area contributed by atoms with Crippen molar-refractivity contribution in [1.29, 1.82) is 0 Å². The van der Waals surface area contributed by atoms with E-state index in [1.807, 2.05) is 12.3 Å². The van der Waals surface area contributed by atoms with Gasteiger partial charge in [0.15, 0.2) is 12.6 Å². The predicted octanol–water partition coefficient (Wildman–Crippen LogP) is 2.62. The summed E-state index contributed by atoms with van der Waals surface area (Å²) in [5.41, 5.74) is 3.29. The highest BCUT2D eigenvalue weighted by atomic mass is 19.1. The fraction of sp³-hybridized carbons (Fsp3) is 0.250. The summed E-state index contributed by atoms with van der Waals surface area (Å²) in [6, 6.07) is 4.85. The number of aromatic nitrogens is 3. The Labute approximate surface area is 131 Å². The summed E-state index contributed by atoms with van der Waals surface area (Å²) in [6.45, 7) is 1.18. The van der Waals surface area contributed by atoms with E-state index in [2.05, 4.69) is 20.3 Å². The van der Waals surface area contributed by atoms with Gasteiger partial charge in [0.1, 0.15) is 23.4 Å². The van der Waals surface area contributed by atoms with Gasteiger partial charge < -0.3 is 19.8 Å². The molecule has 0 atom stereocenters. The van der Waals surface area contributed by atoms with Crippen molar-refractivity contribution in [3.05, 3.63) is 47.7 Å². The van der Waals surface area contributed by atoms with Crippen LogP contribution in [0.25, 0.3) is 11.0 Å². The number of fused-ring (bicyclic) bond motifs is 2. The van der Waals surface area contributed by atoms with Crippen LogP contribution in [-0.2, 0) is 17.8 Å². The molecule has 7 heteroatoms. The van der Waals surface area contributed by atoms with Crippen molar-refractivity contribution >= 4 is 16.9 Å². The topological polar surface area (TPSA) is 72.1 Å². The molecule has 6 nitrogen and oxygen atoms in total. The fourth-order valence-electron chi connectivity index (χ4n) is 2.76. The Hall–Kier alpha value is -2.67. The van der Waals surface area contributed by atoms with Crippen LogP contribution in [0.5, 0.6) is 5.75 Å². The maximum absolute atomic E-state index is 13.7. The molecule has 0 saturated carbocycles. The highest BCUT2D eigenvalue weighted by Gasteiger charge is 2.16. The first kappa shape index (κ1) is 14.0. The summed E-state index contributed by atoms with van der Waals surface area (Å²) in [5, 5.41) is 3.26. The zero-order chi connectivity index (χ0) is 15.6. The molecule has 0 fully saturated rings. The largest absolute Gasteiger partial charge is 0.467 e. The third-order valence-corrected chi connectivity index (χ3v) is 3.78. The van der Waals surface area contributed by atoms with Gasteiger partial charge in [-0.05, 0) is 30.2 Å². The Balaban J connectivity index is 1.51. The first-order valence-electron chi connectivity index (χ1n) is 7.35. The van der Waals surface area contributed by atoms with Crippen molar-refractivity contribution in [2.24, 2.45) is 0 Å². The molecule has 2 N–H and O–H groups in total. The molecule has 0 unspecified atom stereocenters. The van der Waals surface area contributed by atoms with Crippen LogP contribution < -0.4 is 10.1 Å². The summed E-state index contributed by atoms with van der Waals surface area (Å²) in [7, 11) is 0. The highest BCUT2D eigenvalue weighted by molar-refractivity contribution is 5.85. The van der Waals surface area contributed by atoms with Gasteiger partial charge in [0.05, 0.1) is 12.1 Å². The number of nitrogens with zero attached hydrogens (tertiary/aromatic N) is 2. The molecule has 23 heavy (non-hydrogen) atoms. The summed E-state index contributed by atoms with van der Waals surface area (Å²) >= 11 is 0. The van der Waals surface area contributed by atoms with Crippen LogP contribution in [0.2, 0.25) is 0 Å². The van der Waals surface area contributed by atoms with Gasteiger partial charge in [-0.3, -0.25) is 0 Å². The summed E-state index contributed by atoms with van der Waals surface area (Å²) in [6.07, 6.45) is 3.95. The van der Waals surface area contributed by atoms with Crippen LogP contribution in [-0.4, -0.2) is 28.3 Å². The van der Waals surface area contributed by atoms with Crippen molar-refractivity contribution in [3.63, 3.8) is 0 Å². The van der Waals surface area contributed by atoms with E-state index in [9.17, 15) is 4.39 Å². The standard InChI is InChI=1S/C16H15FN4O2/c17-12-5-10(15-11(6-12)7-22-9-23-15)1-3-19-16-14-13(2-4-18-14)20-8-21-16/h2,4-6,8,18H,1,3,7,9H2,(H,19,20,21). The van der Waals surface area contributed by atoms with Crippen LogP contribution in [0.3, 0.4) is 0 Å². The lowest BCUT2D eigenvalue weighted by Crippen LogP contribution is -2.15. The second-order valence-electron chi connectivity index (χ2n) is 5.30. The van der Waals surface area contributed by atoms with Crippen LogP contribution in [0.4, 0.5) is 10.2 Å². The predicted molar refractivity (Wildman–Crippen MR) is 82.8 cm³/mol. The molecule has 4 rings (SSSR count). The van der Waals surface area contributed by atoms with Crippen LogP contribution in [0, 0.1) is 5.82 Å². The summed E-state index contributed by atoms with van der Waals surface area (Å²) < 4.78 is 24.4. The molecule has 1 aliphatic heterocycles. The Morgan fingerprint density at radius 3 is 3.22 bits per heavy atom. The molecule has 0 radical (unpaired) electrons. The lowest BCUT2D eigenvalue weighted by Gasteiger charge is -2.21. The zero-order valence-electron chi connectivity index (χ0n) is 12.3. The van der Waals surface area contributed by atoms with Gasteiger partial charge >= 0.3 is 0 Å². The van der Waals surface area contributed by atoms with E-state index in [1.165, 1.54) is 18.5 Å². The Kier molecular flexibility index (Phi) is 3.55. The number of anilines is 1. The SMILES string of the molecule is Fc1cc(CCNc2ncnc3cc[nH]c23)c2c(c1)COCO2. The third-order valence-electron chi connectivity index (χ3n) is 3.78. The number of aromatic amines is 1. The van der Waals surface area contributed by atoms with Gasteiger partial charge in [-0.2, -0.15) is 0 Å². The molecule has 3 aromatic rings. The molecule has 118 valence electrons. The molecule has 1 aromatic carbocycles. The minimum atomic E-state index is -0.276. The van der Waals surface area contributed by atoms with Gasteiger partial charge in [0, 0.05) is 18.3 Å². The number of hydrogen-bond donors (Lipinski definition) is 2. The van der Waals surface area contributed by atoms with Crippen LogP contribution >= 0.6 is 0 Å². The average molecular weight is 314 g/mol. The van der Waals surface area contributed by atoms with Crippen molar-refractivity contribution in [3.8, 4) is 5.75 Å². The summed E-state index contributed by atoms with van der Waals surface area (Å²) in [4.78, 5) is 11.5. The minimum absolute atomic E-state index is 0.202. The molecule has 2 aromatic heterocycles. The van der Waals surface area contributed by atoms with Crippen molar-refractivity contribution in [2.75, 3.05) is 18.7 Å². The Morgan fingerprint density at radius 2 is 2.26 bits per heavy atom. The first-order chi connectivity index (χ1) is 11.3. The number of benzene rings is 1. The van der Waals surface area contributed by atoms with Crippen LogP contribution in [0.15, 0.2) is 30.7 Å². The minimum Gasteiger partial charge on any atom is -0.467 e. The van der Waals surface area contributed by atoms with Crippen molar-refractivity contribution < 1.29 is 13.9 Å². The van der Waals surface area contributed by atoms with E-state index in [-0.39, 0.29) is 12.6 Å². The molecule has 0 saturated heterocycles. The first-order valence-corrected chi connectivity index (χ1v) is 7.35.